The molecule has 10 heavy (non-hydrogen) atoms. The molecule has 0 N–H and O–H groups in total. The van der Waals surface area contributed by atoms with Gasteiger partial charge < -0.3 is 0 Å². The lowest BCUT2D eigenvalue weighted by molar-refractivity contribution is 1.13. The van der Waals surface area contributed by atoms with Crippen LogP contribution in [0, 0.1) is 24.7 Å². The van der Waals surface area contributed by atoms with E-state index in [-0.39, 0.29) is 0 Å². The van der Waals surface area contributed by atoms with Crippen LogP contribution in [0.15, 0.2) is 23.3 Å². The van der Waals surface area contributed by atoms with Gasteiger partial charge in [-0.2, -0.15) is 0 Å². The van der Waals surface area contributed by atoms with Crippen LogP contribution in [0.1, 0.15) is 12.8 Å². The standard InChI is InChI=1S/C10H8/c1-3-9-7-5-6-8-10(9)4-2/h1-2,5-6H,7-8H2. The minimum Gasteiger partial charge on any atom is -0.115 e. The first-order valence-corrected chi connectivity index (χ1v) is 3.18. The topological polar surface area (TPSA) is 0 Å². The van der Waals surface area contributed by atoms with Crippen molar-refractivity contribution in [2.75, 3.05) is 0 Å². The lowest BCUT2D eigenvalue weighted by Gasteiger charge is -2.04. The SMILES string of the molecule is C#CC1=C(C#C)CC=CC1. The van der Waals surface area contributed by atoms with Gasteiger partial charge in [0.05, 0.1) is 0 Å². The average molecular weight is 128 g/mol. The molecule has 0 aromatic heterocycles. The molecule has 0 nitrogen and oxygen atoms in total. The summed E-state index contributed by atoms with van der Waals surface area (Å²) in [7, 11) is 0. The number of hydrogen-bond donors (Lipinski definition) is 0. The van der Waals surface area contributed by atoms with Crippen LogP contribution >= 0.6 is 0 Å². The Hall–Kier alpha value is -1.40. The van der Waals surface area contributed by atoms with Gasteiger partial charge in [-0.25, -0.2) is 0 Å². The van der Waals surface area contributed by atoms with Crippen molar-refractivity contribution in [3.05, 3.63) is 23.3 Å². The molecule has 0 bridgehead atoms. The van der Waals surface area contributed by atoms with Crippen LogP contribution in [-0.2, 0) is 0 Å². The molecule has 0 aromatic carbocycles. The molecule has 0 saturated heterocycles. The molecule has 0 amide bonds. The van der Waals surface area contributed by atoms with Gasteiger partial charge >= 0.3 is 0 Å². The van der Waals surface area contributed by atoms with E-state index in [1.807, 2.05) is 0 Å². The summed E-state index contributed by atoms with van der Waals surface area (Å²) < 4.78 is 0. The zero-order valence-corrected chi connectivity index (χ0v) is 5.72. The zero-order valence-electron chi connectivity index (χ0n) is 5.72. The average Bonchev–Trinajstić information content (AvgIpc) is 2.04. The molecule has 0 saturated carbocycles. The quantitative estimate of drug-likeness (QED) is 0.345. The normalized spacial score (nSPS) is 16.2. The summed E-state index contributed by atoms with van der Waals surface area (Å²) in [6.07, 6.45) is 16.2. The van der Waals surface area contributed by atoms with E-state index >= 15 is 0 Å². The molecule has 0 radical (unpaired) electrons. The molecule has 48 valence electrons. The van der Waals surface area contributed by atoms with E-state index in [4.69, 9.17) is 12.8 Å². The Morgan fingerprint density at radius 1 is 1.00 bits per heavy atom. The Morgan fingerprint density at radius 3 is 1.70 bits per heavy atom. The fraction of sp³-hybridized carbons (Fsp3) is 0.200. The maximum atomic E-state index is 5.23. The van der Waals surface area contributed by atoms with E-state index in [9.17, 15) is 0 Å². The van der Waals surface area contributed by atoms with Crippen LogP contribution < -0.4 is 0 Å². The zero-order chi connectivity index (χ0) is 7.40. The van der Waals surface area contributed by atoms with Gasteiger partial charge in [-0.15, -0.1) is 12.8 Å². The molecule has 0 fully saturated rings. The molecular weight excluding hydrogens is 120 g/mol. The molecule has 0 aromatic rings. The first-order chi connectivity index (χ1) is 4.88. The van der Waals surface area contributed by atoms with Crippen molar-refractivity contribution >= 4 is 0 Å². The summed E-state index contributed by atoms with van der Waals surface area (Å²) in [5, 5.41) is 0. The number of allylic oxidation sites excluding steroid dienone is 4. The maximum absolute atomic E-state index is 5.23. The second-order valence-electron chi connectivity index (χ2n) is 2.13. The van der Waals surface area contributed by atoms with Gasteiger partial charge in [-0.3, -0.25) is 0 Å². The van der Waals surface area contributed by atoms with Gasteiger partial charge in [0.1, 0.15) is 0 Å². The molecule has 1 aliphatic carbocycles. The summed E-state index contributed by atoms with van der Waals surface area (Å²) in [5.41, 5.74) is 1.93. The van der Waals surface area contributed by atoms with Gasteiger partial charge in [-0.1, -0.05) is 24.0 Å². The monoisotopic (exact) mass is 128 g/mol. The molecule has 0 heterocycles. The Labute approximate surface area is 61.6 Å². The van der Waals surface area contributed by atoms with Crippen molar-refractivity contribution in [1.82, 2.24) is 0 Å². The van der Waals surface area contributed by atoms with Crippen molar-refractivity contribution in [3.8, 4) is 24.7 Å². The van der Waals surface area contributed by atoms with Gasteiger partial charge in [0.2, 0.25) is 0 Å². The fourth-order valence-corrected chi connectivity index (χ4v) is 0.941. The van der Waals surface area contributed by atoms with Crippen molar-refractivity contribution in [1.29, 1.82) is 0 Å². The third kappa shape index (κ3) is 1.12. The van der Waals surface area contributed by atoms with Crippen LogP contribution in [0.5, 0.6) is 0 Å². The molecule has 0 spiro atoms. The predicted molar refractivity (Wildman–Crippen MR) is 43.1 cm³/mol. The van der Waals surface area contributed by atoms with Crippen molar-refractivity contribution < 1.29 is 0 Å². The molecule has 0 atom stereocenters. The lowest BCUT2D eigenvalue weighted by atomic mass is 9.98. The molecule has 0 heteroatoms. The van der Waals surface area contributed by atoms with Crippen LogP contribution in [0.3, 0.4) is 0 Å². The third-order valence-electron chi connectivity index (χ3n) is 1.52. The predicted octanol–water partition coefficient (Wildman–Crippen LogP) is 1.90. The molecule has 1 rings (SSSR count). The Kier molecular flexibility index (Phi) is 1.98. The van der Waals surface area contributed by atoms with E-state index in [1.165, 1.54) is 0 Å². The summed E-state index contributed by atoms with van der Waals surface area (Å²) in [6.45, 7) is 0. The van der Waals surface area contributed by atoms with E-state index in [1.54, 1.807) is 0 Å². The van der Waals surface area contributed by atoms with Crippen molar-refractivity contribution in [2.24, 2.45) is 0 Å². The molecular formula is C10H8. The third-order valence-corrected chi connectivity index (χ3v) is 1.52. The van der Waals surface area contributed by atoms with E-state index in [2.05, 4.69) is 24.0 Å². The van der Waals surface area contributed by atoms with Gasteiger partial charge in [0.15, 0.2) is 0 Å². The second kappa shape index (κ2) is 2.95. The number of rotatable bonds is 0. The van der Waals surface area contributed by atoms with Crippen LogP contribution in [0.25, 0.3) is 0 Å². The highest BCUT2D eigenvalue weighted by Crippen LogP contribution is 2.17. The number of hydrogen-bond acceptors (Lipinski definition) is 0. The summed E-state index contributed by atoms with van der Waals surface area (Å²) in [5.74, 6) is 5.18. The fourth-order valence-electron chi connectivity index (χ4n) is 0.941. The van der Waals surface area contributed by atoms with Gasteiger partial charge in [0, 0.05) is 11.1 Å². The van der Waals surface area contributed by atoms with Crippen molar-refractivity contribution in [3.63, 3.8) is 0 Å². The minimum atomic E-state index is 0.829. The Bertz CT molecular complexity index is 235. The highest BCUT2D eigenvalue weighted by molar-refractivity contribution is 5.45. The summed E-state index contributed by atoms with van der Waals surface area (Å²) in [4.78, 5) is 0. The first-order valence-electron chi connectivity index (χ1n) is 3.18. The van der Waals surface area contributed by atoms with E-state index < -0.39 is 0 Å². The molecule has 0 unspecified atom stereocenters. The van der Waals surface area contributed by atoms with Gasteiger partial charge in [-0.05, 0) is 12.8 Å². The molecule has 0 aliphatic heterocycles. The van der Waals surface area contributed by atoms with Crippen LogP contribution in [-0.4, -0.2) is 0 Å². The second-order valence-corrected chi connectivity index (χ2v) is 2.13. The first kappa shape index (κ1) is 6.72. The Morgan fingerprint density at radius 2 is 1.40 bits per heavy atom. The molecule has 1 aliphatic rings. The smallest absolute Gasteiger partial charge is 0.0174 e. The van der Waals surface area contributed by atoms with Crippen molar-refractivity contribution in [2.45, 2.75) is 12.8 Å². The van der Waals surface area contributed by atoms with E-state index in [0.29, 0.717) is 0 Å². The lowest BCUT2D eigenvalue weighted by Crippen LogP contribution is -1.90. The minimum absolute atomic E-state index is 0.829. The summed E-state index contributed by atoms with van der Waals surface area (Å²) >= 11 is 0. The van der Waals surface area contributed by atoms with E-state index in [0.717, 1.165) is 24.0 Å². The largest absolute Gasteiger partial charge is 0.115 e. The Balaban J connectivity index is 2.92. The van der Waals surface area contributed by atoms with Gasteiger partial charge in [0.25, 0.3) is 0 Å². The highest BCUT2D eigenvalue weighted by Gasteiger charge is 2.02. The number of terminal acetylenes is 2. The summed E-state index contributed by atoms with van der Waals surface area (Å²) in [6, 6.07) is 0. The van der Waals surface area contributed by atoms with Crippen LogP contribution in [0.2, 0.25) is 0 Å². The highest BCUT2D eigenvalue weighted by atomic mass is 14.0. The van der Waals surface area contributed by atoms with Crippen LogP contribution in [0.4, 0.5) is 0 Å². The maximum Gasteiger partial charge on any atom is 0.0174 e.